The molecule has 31 heavy (non-hydrogen) atoms. The third-order valence-electron chi connectivity index (χ3n) is 4.40. The lowest BCUT2D eigenvalue weighted by molar-refractivity contribution is -0.384. The van der Waals surface area contributed by atoms with Crippen molar-refractivity contribution >= 4 is 23.4 Å². The van der Waals surface area contributed by atoms with E-state index in [1.54, 1.807) is 6.20 Å². The zero-order chi connectivity index (χ0) is 21.6. The van der Waals surface area contributed by atoms with E-state index in [1.807, 2.05) is 41.2 Å². The zero-order valence-electron chi connectivity index (χ0n) is 16.1. The molecule has 2 N–H and O–H groups in total. The first-order chi connectivity index (χ1) is 15.1. The lowest BCUT2D eigenvalue weighted by Gasteiger charge is -2.10. The SMILES string of the molecule is O=C(NCc1ccc(Cn2cccn2)cc1)c1cc([N+](=O)[O-])ccc1Sc1ncn[nH]1. The maximum absolute atomic E-state index is 12.8. The summed E-state index contributed by atoms with van der Waals surface area (Å²) < 4.78 is 1.83. The number of rotatable bonds is 8. The Morgan fingerprint density at radius 2 is 2.00 bits per heavy atom. The van der Waals surface area contributed by atoms with Crippen LogP contribution in [-0.2, 0) is 13.1 Å². The van der Waals surface area contributed by atoms with Crippen LogP contribution >= 0.6 is 11.8 Å². The first-order valence-corrected chi connectivity index (χ1v) is 10.1. The smallest absolute Gasteiger partial charge is 0.270 e. The fourth-order valence-electron chi connectivity index (χ4n) is 2.87. The van der Waals surface area contributed by atoms with E-state index in [4.69, 9.17) is 0 Å². The predicted molar refractivity (Wildman–Crippen MR) is 113 cm³/mol. The van der Waals surface area contributed by atoms with Gasteiger partial charge in [0.15, 0.2) is 5.16 Å². The Bertz CT molecular complexity index is 1180. The number of carbonyl (C=O) groups excluding carboxylic acids is 1. The summed E-state index contributed by atoms with van der Waals surface area (Å²) in [5.41, 5.74) is 2.04. The van der Waals surface area contributed by atoms with Crippen LogP contribution in [0.2, 0.25) is 0 Å². The fourth-order valence-corrected chi connectivity index (χ4v) is 3.67. The first kappa shape index (κ1) is 20.3. The Morgan fingerprint density at radius 3 is 2.68 bits per heavy atom. The lowest BCUT2D eigenvalue weighted by atomic mass is 10.1. The first-order valence-electron chi connectivity index (χ1n) is 9.23. The average Bonchev–Trinajstić information content (AvgIpc) is 3.47. The Balaban J connectivity index is 1.45. The Kier molecular flexibility index (Phi) is 6.03. The molecule has 2 heterocycles. The molecule has 0 saturated heterocycles. The zero-order valence-corrected chi connectivity index (χ0v) is 17.0. The molecule has 10 nitrogen and oxygen atoms in total. The van der Waals surface area contributed by atoms with Crippen molar-refractivity contribution < 1.29 is 9.72 Å². The minimum atomic E-state index is -0.530. The van der Waals surface area contributed by atoms with Gasteiger partial charge in [-0.15, -0.1) is 0 Å². The normalized spacial score (nSPS) is 10.7. The summed E-state index contributed by atoms with van der Waals surface area (Å²) in [6, 6.07) is 13.8. The van der Waals surface area contributed by atoms with E-state index in [-0.39, 0.29) is 17.8 Å². The van der Waals surface area contributed by atoms with E-state index >= 15 is 0 Å². The average molecular weight is 435 g/mol. The summed E-state index contributed by atoms with van der Waals surface area (Å²) in [6.45, 7) is 0.950. The van der Waals surface area contributed by atoms with Gasteiger partial charge in [0.25, 0.3) is 11.6 Å². The monoisotopic (exact) mass is 435 g/mol. The Labute approximate surface area is 180 Å². The largest absolute Gasteiger partial charge is 0.348 e. The molecule has 0 saturated carbocycles. The van der Waals surface area contributed by atoms with Crippen molar-refractivity contribution in [2.45, 2.75) is 23.1 Å². The van der Waals surface area contributed by atoms with Gasteiger partial charge in [0.05, 0.1) is 17.0 Å². The van der Waals surface area contributed by atoms with Crippen LogP contribution < -0.4 is 5.32 Å². The molecule has 156 valence electrons. The van der Waals surface area contributed by atoms with Crippen molar-refractivity contribution in [3.05, 3.63) is 94.1 Å². The van der Waals surface area contributed by atoms with Gasteiger partial charge in [-0.05, 0) is 35.0 Å². The second-order valence-corrected chi connectivity index (χ2v) is 7.56. The van der Waals surface area contributed by atoms with Crippen molar-refractivity contribution in [1.29, 1.82) is 0 Å². The van der Waals surface area contributed by atoms with Crippen LogP contribution in [0.15, 0.2) is 77.3 Å². The number of nitrogens with one attached hydrogen (secondary N) is 2. The molecule has 0 unspecified atom stereocenters. The number of benzene rings is 2. The van der Waals surface area contributed by atoms with Crippen molar-refractivity contribution in [3.8, 4) is 0 Å². The van der Waals surface area contributed by atoms with Crippen molar-refractivity contribution in [3.63, 3.8) is 0 Å². The van der Waals surface area contributed by atoms with Crippen molar-refractivity contribution in [1.82, 2.24) is 30.3 Å². The summed E-state index contributed by atoms with van der Waals surface area (Å²) in [7, 11) is 0. The highest BCUT2D eigenvalue weighted by Gasteiger charge is 2.18. The molecule has 0 fully saturated rings. The molecule has 0 aliphatic heterocycles. The number of non-ortho nitro benzene ring substituents is 1. The topological polar surface area (TPSA) is 132 Å². The van der Waals surface area contributed by atoms with Gasteiger partial charge < -0.3 is 5.32 Å². The van der Waals surface area contributed by atoms with Gasteiger partial charge in [0.2, 0.25) is 0 Å². The highest BCUT2D eigenvalue weighted by atomic mass is 32.2. The van der Waals surface area contributed by atoms with Gasteiger partial charge in [-0.2, -0.15) is 10.2 Å². The number of aromatic amines is 1. The molecule has 2 aromatic carbocycles. The Morgan fingerprint density at radius 1 is 1.19 bits per heavy atom. The number of hydrogen-bond acceptors (Lipinski definition) is 7. The number of nitrogens with zero attached hydrogens (tertiary/aromatic N) is 5. The van der Waals surface area contributed by atoms with Gasteiger partial charge in [-0.3, -0.25) is 24.7 Å². The summed E-state index contributed by atoms with van der Waals surface area (Å²) in [4.78, 5) is 28.0. The van der Waals surface area contributed by atoms with E-state index in [0.29, 0.717) is 16.6 Å². The van der Waals surface area contributed by atoms with Crippen LogP contribution in [-0.4, -0.2) is 35.8 Å². The second-order valence-electron chi connectivity index (χ2n) is 6.53. The molecule has 0 spiro atoms. The van der Waals surface area contributed by atoms with Gasteiger partial charge in [-0.1, -0.05) is 24.3 Å². The molecule has 1 amide bonds. The molecule has 0 aliphatic rings. The molecular formula is C20H17N7O3S. The number of hydrogen-bond donors (Lipinski definition) is 2. The number of aromatic nitrogens is 5. The molecule has 0 aliphatic carbocycles. The molecule has 4 rings (SSSR count). The maximum atomic E-state index is 12.8. The fraction of sp³-hybridized carbons (Fsp3) is 0.100. The third-order valence-corrected chi connectivity index (χ3v) is 5.36. The highest BCUT2D eigenvalue weighted by Crippen LogP contribution is 2.30. The van der Waals surface area contributed by atoms with Crippen LogP contribution in [0, 0.1) is 10.1 Å². The Hall–Kier alpha value is -3.99. The van der Waals surface area contributed by atoms with Crippen LogP contribution in [0.5, 0.6) is 0 Å². The van der Waals surface area contributed by atoms with Crippen LogP contribution in [0.4, 0.5) is 5.69 Å². The van der Waals surface area contributed by atoms with E-state index in [0.717, 1.165) is 11.1 Å². The van der Waals surface area contributed by atoms with E-state index < -0.39 is 10.8 Å². The van der Waals surface area contributed by atoms with Gasteiger partial charge in [0.1, 0.15) is 6.33 Å². The van der Waals surface area contributed by atoms with E-state index in [2.05, 4.69) is 25.6 Å². The van der Waals surface area contributed by atoms with Gasteiger partial charge in [0, 0.05) is 36.0 Å². The number of H-pyrrole nitrogens is 1. The van der Waals surface area contributed by atoms with Crippen molar-refractivity contribution in [2.24, 2.45) is 0 Å². The second kappa shape index (κ2) is 9.22. The molecule has 0 atom stereocenters. The molecule has 11 heteroatoms. The van der Waals surface area contributed by atoms with Gasteiger partial charge >= 0.3 is 0 Å². The lowest BCUT2D eigenvalue weighted by Crippen LogP contribution is -2.23. The molecule has 0 bridgehead atoms. The minimum absolute atomic E-state index is 0.157. The molecule has 4 aromatic rings. The molecule has 2 aromatic heterocycles. The van der Waals surface area contributed by atoms with E-state index in [1.165, 1.54) is 36.3 Å². The van der Waals surface area contributed by atoms with E-state index in [9.17, 15) is 14.9 Å². The maximum Gasteiger partial charge on any atom is 0.270 e. The number of nitro groups is 1. The number of nitro benzene ring substituents is 1. The van der Waals surface area contributed by atoms with Crippen LogP contribution in [0.1, 0.15) is 21.5 Å². The third kappa shape index (κ3) is 5.14. The summed E-state index contributed by atoms with van der Waals surface area (Å²) in [5, 5.41) is 25.1. The standard InChI is InChI=1S/C20H17N7O3S/c28-19(21-11-14-2-4-15(5-3-14)12-26-9-1-8-24-26)17-10-16(27(29)30)6-7-18(17)31-20-22-13-23-25-20/h1-10,13H,11-12H2,(H,21,28)(H,22,23,25). The quantitative estimate of drug-likeness (QED) is 0.321. The highest BCUT2D eigenvalue weighted by molar-refractivity contribution is 7.99. The minimum Gasteiger partial charge on any atom is -0.348 e. The van der Waals surface area contributed by atoms with Crippen LogP contribution in [0.3, 0.4) is 0 Å². The van der Waals surface area contributed by atoms with Crippen molar-refractivity contribution in [2.75, 3.05) is 0 Å². The van der Waals surface area contributed by atoms with Gasteiger partial charge in [-0.25, -0.2) is 4.98 Å². The number of carbonyl (C=O) groups is 1. The number of amides is 1. The summed E-state index contributed by atoms with van der Waals surface area (Å²) in [5.74, 6) is -0.411. The summed E-state index contributed by atoms with van der Waals surface area (Å²) >= 11 is 1.17. The van der Waals surface area contributed by atoms with Crippen LogP contribution in [0.25, 0.3) is 0 Å². The predicted octanol–water partition coefficient (Wildman–Crippen LogP) is 3.04. The summed E-state index contributed by atoms with van der Waals surface area (Å²) in [6.07, 6.45) is 4.97. The molecular weight excluding hydrogens is 418 g/mol. The molecule has 0 radical (unpaired) electrons.